The molecule has 0 aromatic heterocycles. The summed E-state index contributed by atoms with van der Waals surface area (Å²) in [6, 6.07) is 6.57. The van der Waals surface area contributed by atoms with Crippen LogP contribution < -0.4 is 0 Å². The fraction of sp³-hybridized carbons (Fsp3) is 0.851. The summed E-state index contributed by atoms with van der Waals surface area (Å²) in [6.45, 7) is 29.6. The number of aliphatic hydroxyl groups is 1. The summed E-state index contributed by atoms with van der Waals surface area (Å²) in [5.74, 6) is -5.68. The van der Waals surface area contributed by atoms with E-state index in [1.54, 1.807) is 59.8 Å². The van der Waals surface area contributed by atoms with E-state index in [-0.39, 0.29) is 111 Å². The molecule has 7 fully saturated rings. The van der Waals surface area contributed by atoms with E-state index in [0.717, 1.165) is 4.90 Å². The molecular weight excluding hydrogens is 1330 g/mol. The Kier molecular flexibility index (Phi) is 29.2. The van der Waals surface area contributed by atoms with Gasteiger partial charge in [0.2, 0.25) is 0 Å². The minimum Gasteiger partial charge on any atom is -0.463 e. The highest BCUT2D eigenvalue weighted by atomic mass is 16.8. The number of nitrogens with zero attached hydrogens (tertiary/aromatic N) is 1. The van der Waals surface area contributed by atoms with Crippen LogP contribution in [0.15, 0.2) is 24.3 Å². The molecule has 9 rings (SSSR count). The van der Waals surface area contributed by atoms with Gasteiger partial charge in [0.25, 0.3) is 11.8 Å². The molecule has 1 aromatic rings. The molecule has 35 atom stereocenters. The molecule has 0 aliphatic carbocycles. The van der Waals surface area contributed by atoms with Gasteiger partial charge in [-0.1, -0.05) is 95.2 Å². The van der Waals surface area contributed by atoms with Crippen LogP contribution in [-0.2, 0) is 114 Å². The standard InChI is InChI=1S/C74H117NO27/c1-33-35(3)53(31-87-46(14)77)92-69(39(33)7)99-63-44(12)66(90-48(16)79)74(96-57(63)32-88-47(15)78)100-58-37(5)40(8)70(91-51(58)26-75-67(80)49-24-22-23-25-50(49)68(75)81)97-61-42(10)65(86-21)73(95-55(61)29-83-18)102-60-38(6)41(9)71(93-54(60)28-82-17)98-62-43(11)64(85-20)72(94-56(62)30-84-19)101-59-36(4)34(2)45(13)89-52(59)27-76/h22-25,33-45,51-66,69-74,76H,26-32H2,1-21H3/t33?,34?,35-,36+,37+,38?,39?,40?,41?,42-,43?,44?,45-,51?,52?,53+,54+,55?,56+,57+,58+,59+,60-,61+,62-,63-,64?,65?,66?,69+,70-,71+,72+,73-,74+/m0/s1. The Morgan fingerprint density at radius 3 is 1.11 bits per heavy atom. The van der Waals surface area contributed by atoms with Crippen molar-refractivity contribution in [2.75, 3.05) is 81.7 Å². The third-order valence-corrected chi connectivity index (χ3v) is 23.6. The molecule has 1 N–H and O–H groups in total. The number of benzene rings is 1. The third-order valence-electron chi connectivity index (χ3n) is 23.6. The zero-order chi connectivity index (χ0) is 74.5. The molecule has 580 valence electrons. The van der Waals surface area contributed by atoms with Crippen molar-refractivity contribution in [3.05, 3.63) is 35.4 Å². The van der Waals surface area contributed by atoms with Gasteiger partial charge in [0.05, 0.1) is 92.9 Å². The highest BCUT2D eigenvalue weighted by Crippen LogP contribution is 2.46. The van der Waals surface area contributed by atoms with Gasteiger partial charge < -0.3 is 105 Å². The first-order valence-corrected chi connectivity index (χ1v) is 36.6. The van der Waals surface area contributed by atoms with Crippen LogP contribution in [0.3, 0.4) is 0 Å². The number of carbonyl (C=O) groups excluding carboxylic acids is 5. The summed E-state index contributed by atoms with van der Waals surface area (Å²) in [4.78, 5) is 67.5. The normalized spacial score (nSPS) is 44.1. The maximum Gasteiger partial charge on any atom is 0.303 e. The molecule has 8 aliphatic heterocycles. The first kappa shape index (κ1) is 82.1. The van der Waals surface area contributed by atoms with Crippen molar-refractivity contribution in [1.82, 2.24) is 4.90 Å². The monoisotopic (exact) mass is 1450 g/mol. The quantitative estimate of drug-likeness (QED) is 0.0540. The predicted octanol–water partition coefficient (Wildman–Crippen LogP) is 6.38. The maximum atomic E-state index is 14.3. The lowest BCUT2D eigenvalue weighted by molar-refractivity contribution is -0.381. The Labute approximate surface area is 601 Å². The zero-order valence-corrected chi connectivity index (χ0v) is 63.5. The van der Waals surface area contributed by atoms with Crippen molar-refractivity contribution in [2.45, 2.75) is 252 Å². The van der Waals surface area contributed by atoms with Gasteiger partial charge in [-0.05, 0) is 54.6 Å². The number of rotatable bonds is 28. The van der Waals surface area contributed by atoms with E-state index in [2.05, 4.69) is 27.7 Å². The van der Waals surface area contributed by atoms with Crippen LogP contribution in [0.5, 0.6) is 0 Å². The van der Waals surface area contributed by atoms with Gasteiger partial charge in [-0.25, -0.2) is 0 Å². The topological polar surface area (TPSA) is 303 Å². The van der Waals surface area contributed by atoms with E-state index in [1.165, 1.54) is 20.8 Å². The van der Waals surface area contributed by atoms with E-state index >= 15 is 0 Å². The van der Waals surface area contributed by atoms with Crippen LogP contribution in [0.4, 0.5) is 0 Å². The Morgan fingerprint density at radius 2 is 0.696 bits per heavy atom. The minimum absolute atomic E-state index is 0.00509. The SMILES string of the molecule is COCC1O[C@@H](O[C@H]2C(C)C(C)[C@@H](O[C@H]3C(C)C(OC)[C@@H](O[C@H]4C(CO)O[C@@H](C)C(C)[C@H]4C)O[C@@H]3COC)O[C@@H]2COC)C(OC)[C@@H](C)[C@H]1O[C@@H]1OC(CN2C(=O)c3ccccc3C2=O)[C@H](O[C@H]2O[C@H](COC(C)=O)[C@@H](O[C@H]3O[C@H](COC(C)=O)[C@@H](C)C(C)C3C)C(C)C2OC(C)=O)[C@H](C)C1C. The van der Waals surface area contributed by atoms with Gasteiger partial charge >= 0.3 is 17.9 Å². The van der Waals surface area contributed by atoms with Crippen molar-refractivity contribution < 1.29 is 129 Å². The molecule has 14 unspecified atom stereocenters. The molecule has 0 bridgehead atoms. The van der Waals surface area contributed by atoms with E-state index in [4.69, 9.17) is 99.5 Å². The van der Waals surface area contributed by atoms with Crippen molar-refractivity contribution >= 4 is 29.7 Å². The lowest BCUT2D eigenvalue weighted by atomic mass is 9.79. The molecule has 102 heavy (non-hydrogen) atoms. The maximum absolute atomic E-state index is 14.3. The van der Waals surface area contributed by atoms with Crippen molar-refractivity contribution in [1.29, 1.82) is 0 Å². The number of hydrogen-bond acceptors (Lipinski definition) is 27. The number of hydrogen-bond donors (Lipinski definition) is 1. The first-order valence-electron chi connectivity index (χ1n) is 36.6. The lowest BCUT2D eigenvalue weighted by Crippen LogP contribution is -2.64. The van der Waals surface area contributed by atoms with E-state index < -0.39 is 189 Å². The number of imide groups is 1. The van der Waals surface area contributed by atoms with Gasteiger partial charge in [-0.3, -0.25) is 28.9 Å². The van der Waals surface area contributed by atoms with E-state index in [0.29, 0.717) is 0 Å². The van der Waals surface area contributed by atoms with Crippen LogP contribution in [0.25, 0.3) is 0 Å². The highest BCUT2D eigenvalue weighted by molar-refractivity contribution is 6.21. The average molecular weight is 1450 g/mol. The average Bonchev–Trinajstić information content (AvgIpc) is 0.900. The first-order chi connectivity index (χ1) is 48.5. The van der Waals surface area contributed by atoms with Crippen LogP contribution >= 0.6 is 0 Å². The molecule has 1 aromatic carbocycles. The van der Waals surface area contributed by atoms with E-state index in [9.17, 15) is 29.1 Å². The third kappa shape index (κ3) is 17.9. The Bertz CT molecular complexity index is 2850. The molecule has 8 aliphatic rings. The van der Waals surface area contributed by atoms with Crippen molar-refractivity contribution in [3.8, 4) is 0 Å². The number of methoxy groups -OCH3 is 5. The summed E-state index contributed by atoms with van der Waals surface area (Å²) < 4.78 is 136. The smallest absolute Gasteiger partial charge is 0.303 e. The number of carbonyl (C=O) groups is 5. The molecule has 0 radical (unpaired) electrons. The summed E-state index contributed by atoms with van der Waals surface area (Å²) in [5, 5.41) is 10.4. The Hall–Kier alpha value is -3.99. The summed E-state index contributed by atoms with van der Waals surface area (Å²) >= 11 is 0. The number of ether oxygens (including phenoxy) is 21. The molecule has 28 heteroatoms. The Balaban J connectivity index is 0.938. The number of esters is 3. The minimum atomic E-state index is -1.36. The fourth-order valence-electron chi connectivity index (χ4n) is 16.3. The zero-order valence-electron chi connectivity index (χ0n) is 63.5. The summed E-state index contributed by atoms with van der Waals surface area (Å²) in [7, 11) is 7.96. The van der Waals surface area contributed by atoms with Crippen LogP contribution in [0.2, 0.25) is 0 Å². The molecular formula is C74H117NO27. The predicted molar refractivity (Wildman–Crippen MR) is 360 cm³/mol. The number of aliphatic hydroxyl groups excluding tert-OH is 1. The second kappa shape index (κ2) is 36.3. The van der Waals surface area contributed by atoms with Crippen molar-refractivity contribution in [2.24, 2.45) is 71.0 Å². The fourth-order valence-corrected chi connectivity index (χ4v) is 16.3. The second-order valence-corrected chi connectivity index (χ2v) is 29.9. The molecule has 8 heterocycles. The van der Waals surface area contributed by atoms with Crippen LogP contribution in [0, 0.1) is 71.0 Å². The van der Waals surface area contributed by atoms with Crippen LogP contribution in [0.1, 0.15) is 131 Å². The molecule has 0 spiro atoms. The number of fused-ring (bicyclic) bond motifs is 1. The van der Waals surface area contributed by atoms with Gasteiger partial charge in [0, 0.05) is 91.8 Å². The summed E-state index contributed by atoms with van der Waals surface area (Å²) in [5.41, 5.74) is 0.462. The molecule has 0 saturated carbocycles. The van der Waals surface area contributed by atoms with Crippen molar-refractivity contribution in [3.63, 3.8) is 0 Å². The van der Waals surface area contributed by atoms with Gasteiger partial charge in [-0.15, -0.1) is 0 Å². The van der Waals surface area contributed by atoms with Gasteiger partial charge in [0.1, 0.15) is 62.0 Å². The highest BCUT2D eigenvalue weighted by Gasteiger charge is 2.58. The molecule has 2 amide bonds. The lowest BCUT2D eigenvalue weighted by Gasteiger charge is -2.52. The van der Waals surface area contributed by atoms with E-state index in [1.807, 2.05) is 62.3 Å². The number of amides is 2. The van der Waals surface area contributed by atoms with Gasteiger partial charge in [-0.2, -0.15) is 0 Å². The largest absolute Gasteiger partial charge is 0.463 e. The Morgan fingerprint density at radius 1 is 0.363 bits per heavy atom. The second-order valence-electron chi connectivity index (χ2n) is 29.9. The summed E-state index contributed by atoms with van der Waals surface area (Å²) in [6.07, 6.45) is -18.0. The van der Waals surface area contributed by atoms with Crippen LogP contribution in [-0.4, -0.2) is 263 Å². The molecule has 7 saturated heterocycles. The molecule has 28 nitrogen and oxygen atoms in total. The van der Waals surface area contributed by atoms with Gasteiger partial charge in [0.15, 0.2) is 43.8 Å².